The van der Waals surface area contributed by atoms with Crippen molar-refractivity contribution in [3.63, 3.8) is 0 Å². The highest BCUT2D eigenvalue weighted by atomic mass is 14.2. The molecule has 10 radical (unpaired) electrons. The lowest BCUT2D eigenvalue weighted by molar-refractivity contribution is 1.05. The summed E-state index contributed by atoms with van der Waals surface area (Å²) in [5.41, 5.74) is 0.625. The van der Waals surface area contributed by atoms with Gasteiger partial charge in [0, 0.05) is 56.6 Å². The first-order valence-corrected chi connectivity index (χ1v) is 4.70. The van der Waals surface area contributed by atoms with E-state index in [4.69, 9.17) is 0 Å². The highest BCUT2D eigenvalue weighted by Crippen LogP contribution is 2.53. The van der Waals surface area contributed by atoms with Crippen molar-refractivity contribution in [3.05, 3.63) is 0 Å². The van der Waals surface area contributed by atoms with Gasteiger partial charge in [0.2, 0.25) is 0 Å². The Morgan fingerprint density at radius 2 is 1.46 bits per heavy atom. The third-order valence-corrected chi connectivity index (χ3v) is 2.59. The van der Waals surface area contributed by atoms with Gasteiger partial charge in [0.15, 0.2) is 0 Å². The highest BCUT2D eigenvalue weighted by Gasteiger charge is 2.47. The zero-order valence-corrected chi connectivity index (χ0v) is 7.85. The van der Waals surface area contributed by atoms with Crippen molar-refractivity contribution in [1.82, 2.24) is 0 Å². The van der Waals surface area contributed by atoms with Crippen LogP contribution in [0.4, 0.5) is 0 Å². The zero-order valence-electron chi connectivity index (χ0n) is 7.85. The Balaban J connectivity index is 1.79. The summed E-state index contributed by atoms with van der Waals surface area (Å²) in [6, 6.07) is 0. The monoisotopic (exact) mass is 150 g/mol. The summed E-state index contributed by atoms with van der Waals surface area (Å²) >= 11 is 0. The van der Waals surface area contributed by atoms with Crippen LogP contribution in [-0.4, -0.2) is 71.0 Å². The lowest BCUT2D eigenvalue weighted by Gasteiger charge is -2.09. The van der Waals surface area contributed by atoms with Crippen molar-refractivity contribution in [2.75, 3.05) is 0 Å². The van der Waals surface area contributed by atoms with Gasteiger partial charge in [-0.2, -0.15) is 0 Å². The minimum atomic E-state index is 0.305. The molecule has 10 heteroatoms. The van der Waals surface area contributed by atoms with Crippen LogP contribution in [0.2, 0.25) is 10.9 Å². The third kappa shape index (κ3) is 2.80. The van der Waals surface area contributed by atoms with Crippen molar-refractivity contribution in [2.24, 2.45) is 0 Å². The van der Waals surface area contributed by atoms with E-state index in [0.29, 0.717) is 10.9 Å². The van der Waals surface area contributed by atoms with Gasteiger partial charge in [-0.1, -0.05) is 6.92 Å². The van der Waals surface area contributed by atoms with E-state index in [2.05, 4.69) is 56.8 Å². The van der Waals surface area contributed by atoms with Crippen LogP contribution in [0.25, 0.3) is 0 Å². The minimum absolute atomic E-state index is 0.305. The second-order valence-corrected chi connectivity index (χ2v) is 3.76. The normalized spacial score (nSPS) is 35.6. The van der Waals surface area contributed by atoms with Gasteiger partial charge in [0.05, 0.1) is 14.4 Å². The second-order valence-electron chi connectivity index (χ2n) is 3.76. The Bertz CT molecular complexity index is 172. The van der Waals surface area contributed by atoms with E-state index < -0.39 is 0 Å². The molecular weight excluding hydrogens is 144 g/mol. The predicted octanol–water partition coefficient (Wildman–Crippen LogP) is -2.74. The summed E-state index contributed by atoms with van der Waals surface area (Å²) < 4.78 is 0. The van der Waals surface area contributed by atoms with Gasteiger partial charge in [0.1, 0.15) is 0 Å². The predicted molar refractivity (Wildman–Crippen MR) is 69.7 cm³/mol. The molecule has 46 valence electrons. The molecule has 2 heterocycles. The van der Waals surface area contributed by atoms with Crippen molar-refractivity contribution < 1.29 is 0 Å². The Hall–Kier alpha value is 0.649. The van der Waals surface area contributed by atoms with Gasteiger partial charge in [0.25, 0.3) is 0 Å². The molecule has 0 saturated carbocycles. The molecule has 2 atom stereocenters. The van der Waals surface area contributed by atoms with Crippen LogP contribution in [0.3, 0.4) is 0 Å². The molecule has 2 aliphatic heterocycles. The van der Waals surface area contributed by atoms with E-state index in [9.17, 15) is 0 Å². The average Bonchev–Trinajstić information content (AvgIpc) is 2.73. The first kappa shape index (κ1) is 10.2. The average molecular weight is 148 g/mol. The summed E-state index contributed by atoms with van der Waals surface area (Å²) in [7, 11) is 21.4. The Morgan fingerprint density at radius 1 is 0.846 bits per heavy atom. The largest absolute Gasteiger partial charge is 0.112 e. The Labute approximate surface area is 89.2 Å². The summed E-state index contributed by atoms with van der Waals surface area (Å²) in [6.07, 6.45) is 0. The fraction of sp³-hybridized carbons (Fsp3) is 1.00. The van der Waals surface area contributed by atoms with Crippen LogP contribution in [0.5, 0.6) is 0 Å². The molecule has 2 aliphatic rings. The van der Waals surface area contributed by atoms with E-state index in [1.807, 2.05) is 21.2 Å². The van der Waals surface area contributed by atoms with E-state index in [0.717, 1.165) is 0 Å². The van der Waals surface area contributed by atoms with Crippen LogP contribution in [0.15, 0.2) is 0 Å². The van der Waals surface area contributed by atoms with E-state index in [1.54, 1.807) is 0 Å². The molecule has 0 amide bonds. The zero-order chi connectivity index (χ0) is 9.15. The number of fused-ring (bicyclic) bond motifs is 1. The van der Waals surface area contributed by atoms with Gasteiger partial charge in [-0.15, -0.1) is 10.9 Å². The molecule has 0 aromatic carbocycles. The molecule has 2 fully saturated rings. The molecule has 0 aromatic rings. The first-order valence-electron chi connectivity index (χ1n) is 4.70. The third-order valence-electron chi connectivity index (χ3n) is 2.59. The SMILES string of the molecule is C[C@@]12[B][B][B][B][B][B][B][B][B][C@H]1[B]2. The second kappa shape index (κ2) is 4.45. The van der Waals surface area contributed by atoms with Crippen LogP contribution < -0.4 is 0 Å². The van der Waals surface area contributed by atoms with Crippen LogP contribution in [0.1, 0.15) is 6.92 Å². The maximum Gasteiger partial charge on any atom is 0.0978 e. The molecular formula is C3H4B10. The first-order chi connectivity index (χ1) is 6.31. The Morgan fingerprint density at radius 3 is 2.23 bits per heavy atom. The van der Waals surface area contributed by atoms with Crippen molar-refractivity contribution in [1.29, 1.82) is 0 Å². The van der Waals surface area contributed by atoms with Gasteiger partial charge in [-0.05, 0) is 0 Å². The lowest BCUT2D eigenvalue weighted by atomic mass is 8.89. The summed E-state index contributed by atoms with van der Waals surface area (Å²) in [5.74, 6) is 0. The standard InChI is InChI=1S/C3H4B10/c1-3-2(4-3)5-7-9-11-13-12-10-8-6-3/h2H,1H3/t2-,3-/m1/s1. The highest BCUT2D eigenvalue weighted by molar-refractivity contribution is 7.68. The molecule has 2 rings (SSSR count). The molecule has 0 spiro atoms. The van der Waals surface area contributed by atoms with Crippen LogP contribution in [0, 0.1) is 0 Å². The van der Waals surface area contributed by atoms with Crippen molar-refractivity contribution >= 4 is 71.0 Å². The van der Waals surface area contributed by atoms with E-state index in [1.165, 1.54) is 0 Å². The number of hydrogen-bond donors (Lipinski definition) is 0. The van der Waals surface area contributed by atoms with Gasteiger partial charge < -0.3 is 0 Å². The molecule has 0 bridgehead atoms. The topological polar surface area (TPSA) is 0 Å². The van der Waals surface area contributed by atoms with Crippen LogP contribution in [-0.2, 0) is 0 Å². The summed E-state index contributed by atoms with van der Waals surface area (Å²) in [4.78, 5) is 0. The quantitative estimate of drug-likeness (QED) is 0.327. The fourth-order valence-corrected chi connectivity index (χ4v) is 1.54. The van der Waals surface area contributed by atoms with Crippen molar-refractivity contribution in [2.45, 2.75) is 17.9 Å². The number of hydrogen-bond acceptors (Lipinski definition) is 0. The van der Waals surface area contributed by atoms with Gasteiger partial charge in [-0.25, -0.2) is 0 Å². The molecule has 0 aliphatic carbocycles. The number of rotatable bonds is 0. The van der Waals surface area contributed by atoms with Crippen molar-refractivity contribution in [3.8, 4) is 0 Å². The molecule has 0 nitrogen and oxygen atoms in total. The van der Waals surface area contributed by atoms with E-state index in [-0.39, 0.29) is 0 Å². The summed E-state index contributed by atoms with van der Waals surface area (Å²) in [5, 5.41) is 0.305. The molecule has 13 heavy (non-hydrogen) atoms. The maximum atomic E-state index is 2.35. The lowest BCUT2D eigenvalue weighted by Crippen LogP contribution is -2.31. The molecule has 0 unspecified atom stereocenters. The van der Waals surface area contributed by atoms with Crippen LogP contribution >= 0.6 is 0 Å². The Kier molecular flexibility index (Phi) is 3.48. The van der Waals surface area contributed by atoms with Gasteiger partial charge >= 0.3 is 0 Å². The minimum Gasteiger partial charge on any atom is -0.112 e. The molecule has 0 N–H and O–H groups in total. The molecule has 0 aromatic heterocycles. The van der Waals surface area contributed by atoms with E-state index >= 15 is 0 Å². The fourth-order valence-electron chi connectivity index (χ4n) is 1.54. The smallest absolute Gasteiger partial charge is 0.0978 e. The summed E-state index contributed by atoms with van der Waals surface area (Å²) in [6.45, 7) is 2.26. The molecule has 2 saturated heterocycles. The van der Waals surface area contributed by atoms with Gasteiger partial charge in [-0.3, -0.25) is 0 Å². The maximum absolute atomic E-state index is 2.35.